The van der Waals surface area contributed by atoms with Gasteiger partial charge in [0.25, 0.3) is 0 Å². The summed E-state index contributed by atoms with van der Waals surface area (Å²) in [5.74, 6) is 0. The van der Waals surface area contributed by atoms with Crippen LogP contribution in [-0.2, 0) is 0 Å². The van der Waals surface area contributed by atoms with Crippen LogP contribution in [0, 0.1) is 0 Å². The highest BCUT2D eigenvalue weighted by Gasteiger charge is 2.18. The number of fused-ring (bicyclic) bond motifs is 9. The highest BCUT2D eigenvalue weighted by molar-refractivity contribution is 6.13. The molecule has 0 fully saturated rings. The molecule has 0 aliphatic carbocycles. The van der Waals surface area contributed by atoms with E-state index in [4.69, 9.17) is 28.8 Å². The molecule has 0 spiro atoms. The lowest BCUT2D eigenvalue weighted by molar-refractivity contribution is 1.15. The van der Waals surface area contributed by atoms with Crippen LogP contribution < -0.4 is 0 Å². The Morgan fingerprint density at radius 2 is 0.632 bits per heavy atom. The fourth-order valence-corrected chi connectivity index (χ4v) is 7.09. The molecule has 0 atom stereocenters. The van der Waals surface area contributed by atoms with Crippen molar-refractivity contribution >= 4 is 65.4 Å². The van der Waals surface area contributed by atoms with Gasteiger partial charge in [0.2, 0.25) is 0 Å². The summed E-state index contributed by atoms with van der Waals surface area (Å²) in [7, 11) is 0. The lowest BCUT2D eigenvalue weighted by Gasteiger charge is -2.12. The first kappa shape index (κ1) is 13.8. The molecule has 0 saturated heterocycles. The fraction of sp³-hybridized carbons (Fsp3) is 0. The van der Waals surface area contributed by atoms with Crippen molar-refractivity contribution in [2.24, 2.45) is 0 Å². The lowest BCUT2D eigenvalue weighted by Crippen LogP contribution is -1.97. The summed E-state index contributed by atoms with van der Waals surface area (Å²) in [5.41, 5.74) is -6.42. The second-order valence-electron chi connectivity index (χ2n) is 12.6. The van der Waals surface area contributed by atoms with E-state index < -0.39 is 270 Å². The van der Waals surface area contributed by atoms with Crippen molar-refractivity contribution < 1.29 is 42.5 Å². The standard InChI is InChI=1S/C54H35N3/c1-2-12-36(13-3-1)37-22-24-38(25-23-37)39-26-28-40(29-27-39)55-52-21-11-7-17-46(52)48-34-41(31-33-53(48)55)57-51-20-10-6-16-45(51)47-32-30-42(35-54(47)57)56-49-18-8-4-14-43(49)44-15-5-9-19-50(44)56/h1-35H/i1D,2D,3D,4D,5D,6D,7D,8D,9D,10D,11D,12D,13D,14D,15D,16D,17D,18D,19D,20D,21D,22D,23D,24D,25D,30D,31D,32D,33D,34D,35D. The van der Waals surface area contributed by atoms with Gasteiger partial charge in [0, 0.05) is 49.4 Å². The number of hydrogen-bond acceptors (Lipinski definition) is 0. The maximum atomic E-state index is 10.2. The number of rotatable bonds is 5. The molecule has 0 amide bonds. The van der Waals surface area contributed by atoms with Crippen molar-refractivity contribution in [3.63, 3.8) is 0 Å². The van der Waals surface area contributed by atoms with Crippen LogP contribution >= 0.6 is 0 Å². The molecule has 0 saturated carbocycles. The smallest absolute Gasteiger partial charge is 0.0667 e. The van der Waals surface area contributed by atoms with Crippen molar-refractivity contribution in [2.75, 3.05) is 0 Å². The number of aromatic nitrogens is 3. The Balaban J connectivity index is 1.20. The third-order valence-corrected chi connectivity index (χ3v) is 9.56. The Morgan fingerprint density at radius 1 is 0.246 bits per heavy atom. The molecule has 12 rings (SSSR count). The molecule has 0 aliphatic rings. The first-order valence-electron chi connectivity index (χ1n) is 32.6. The van der Waals surface area contributed by atoms with Crippen molar-refractivity contribution in [3.05, 3.63) is 212 Å². The van der Waals surface area contributed by atoms with E-state index in [0.717, 1.165) is 13.7 Å². The summed E-state index contributed by atoms with van der Waals surface area (Å²) in [4.78, 5) is 0. The summed E-state index contributed by atoms with van der Waals surface area (Å²) in [6.45, 7) is 0. The SMILES string of the molecule is [2H]c1c([2H])c([2H])c(-c2c([2H])c([2H])c(-c3ccc(-n4c5c([2H])c([2H])c([2H])c([2H])c5c5c([2H])c(-n6c7c([2H])c([2H])c([2H])c([2H])c7c7c([2H])c([2H])c(-n8c9c([2H])c([2H])c([2H])c([2H])c9c9c([2H])c([2H])c([2H])c([2H])c98)c([2H])c76)c([2H])c([2H])c54)cc3)c([2H])c2[2H])c([2H])c1[2H]. The summed E-state index contributed by atoms with van der Waals surface area (Å²) < 4.78 is 282. The molecule has 0 unspecified atom stereocenters. The van der Waals surface area contributed by atoms with E-state index in [9.17, 15) is 13.7 Å². The monoisotopic (exact) mass is 756 g/mol. The highest BCUT2D eigenvalue weighted by Crippen LogP contribution is 2.39. The van der Waals surface area contributed by atoms with Crippen LogP contribution in [0.4, 0.5) is 0 Å². The number of para-hydroxylation sites is 4. The van der Waals surface area contributed by atoms with Gasteiger partial charge >= 0.3 is 0 Å². The minimum absolute atomic E-state index is 0.000474. The third-order valence-electron chi connectivity index (χ3n) is 9.56. The molecule has 266 valence electrons. The minimum atomic E-state index is -0.969. The molecule has 12 aromatic rings. The Labute approximate surface area is 373 Å². The molecule has 3 heteroatoms. The summed E-state index contributed by atoms with van der Waals surface area (Å²) in [5, 5.41) is -3.00. The molecule has 0 aliphatic heterocycles. The number of nitrogens with zero attached hydrogens (tertiary/aromatic N) is 3. The largest absolute Gasteiger partial charge is 0.309 e. The van der Waals surface area contributed by atoms with E-state index in [2.05, 4.69) is 0 Å². The van der Waals surface area contributed by atoms with Crippen molar-refractivity contribution in [2.45, 2.75) is 0 Å². The predicted molar refractivity (Wildman–Crippen MR) is 240 cm³/mol. The molecule has 0 radical (unpaired) electrons. The summed E-state index contributed by atoms with van der Waals surface area (Å²) in [6.07, 6.45) is 0. The van der Waals surface area contributed by atoms with Gasteiger partial charge in [0.1, 0.15) is 0 Å². The van der Waals surface area contributed by atoms with Gasteiger partial charge in [-0.1, -0.05) is 145 Å². The second-order valence-corrected chi connectivity index (χ2v) is 12.6. The molecule has 0 N–H and O–H groups in total. The van der Waals surface area contributed by atoms with Crippen LogP contribution in [0.5, 0.6) is 0 Å². The van der Waals surface area contributed by atoms with Gasteiger partial charge in [-0.2, -0.15) is 0 Å². The third kappa shape index (κ3) is 4.86. The van der Waals surface area contributed by atoms with Crippen molar-refractivity contribution in [1.82, 2.24) is 13.7 Å². The summed E-state index contributed by atoms with van der Waals surface area (Å²) in [6, 6.07) is -20.5. The van der Waals surface area contributed by atoms with Crippen LogP contribution in [0.3, 0.4) is 0 Å². The highest BCUT2D eigenvalue weighted by atomic mass is 15.0. The molecule has 3 nitrogen and oxygen atoms in total. The Hall–Kier alpha value is -7.62. The minimum Gasteiger partial charge on any atom is -0.309 e. The average molecular weight is 757 g/mol. The molecule has 3 heterocycles. The zero-order valence-electron chi connectivity index (χ0n) is 59.7. The van der Waals surface area contributed by atoms with E-state index in [-0.39, 0.29) is 22.3 Å². The Kier molecular flexibility index (Phi) is 3.02. The van der Waals surface area contributed by atoms with E-state index in [0.29, 0.717) is 0 Å². The first-order valence-corrected chi connectivity index (χ1v) is 17.1. The van der Waals surface area contributed by atoms with Crippen LogP contribution in [0.1, 0.15) is 42.5 Å². The zero-order chi connectivity index (χ0) is 64.4. The van der Waals surface area contributed by atoms with Gasteiger partial charge in [0.15, 0.2) is 0 Å². The molecule has 3 aromatic heterocycles. The van der Waals surface area contributed by atoms with Crippen LogP contribution in [0.2, 0.25) is 0 Å². The van der Waals surface area contributed by atoms with Gasteiger partial charge in [-0.25, -0.2) is 0 Å². The van der Waals surface area contributed by atoms with E-state index in [1.54, 1.807) is 0 Å². The van der Waals surface area contributed by atoms with Gasteiger partial charge in [0.05, 0.1) is 75.6 Å². The number of hydrogen-bond donors (Lipinski definition) is 0. The van der Waals surface area contributed by atoms with Crippen LogP contribution in [0.25, 0.3) is 105 Å². The Morgan fingerprint density at radius 3 is 1.21 bits per heavy atom. The second kappa shape index (κ2) is 12.5. The molecular formula is C54H35N3. The average Bonchev–Trinajstić information content (AvgIpc) is 1.74. The fourth-order valence-electron chi connectivity index (χ4n) is 7.09. The maximum absolute atomic E-state index is 10.2. The van der Waals surface area contributed by atoms with Crippen molar-refractivity contribution in [3.8, 4) is 39.3 Å². The zero-order valence-corrected chi connectivity index (χ0v) is 28.7. The quantitative estimate of drug-likeness (QED) is 0.166. The van der Waals surface area contributed by atoms with E-state index >= 15 is 0 Å². The molecule has 0 bridgehead atoms. The molecule has 57 heavy (non-hydrogen) atoms. The normalized spacial score (nSPS) is 19.5. The maximum Gasteiger partial charge on any atom is 0.0667 e. The topological polar surface area (TPSA) is 14.8 Å². The van der Waals surface area contributed by atoms with Crippen molar-refractivity contribution in [1.29, 1.82) is 0 Å². The Bertz CT molecular complexity index is 5190. The van der Waals surface area contributed by atoms with Crippen LogP contribution in [0.15, 0.2) is 212 Å². The number of benzene rings is 9. The van der Waals surface area contributed by atoms with Gasteiger partial charge in [-0.15, -0.1) is 0 Å². The molecule has 9 aromatic carbocycles. The predicted octanol–water partition coefficient (Wildman–Crippen LogP) is 14.3. The lowest BCUT2D eigenvalue weighted by atomic mass is 10.0. The molecular weight excluding hydrogens is 691 g/mol. The van der Waals surface area contributed by atoms with Gasteiger partial charge in [-0.05, 0) is 88.8 Å². The van der Waals surface area contributed by atoms with E-state index in [1.807, 2.05) is 0 Å². The van der Waals surface area contributed by atoms with Gasteiger partial charge < -0.3 is 13.7 Å². The first-order chi connectivity index (χ1) is 41.2. The summed E-state index contributed by atoms with van der Waals surface area (Å²) >= 11 is 0. The van der Waals surface area contributed by atoms with Crippen LogP contribution in [-0.4, -0.2) is 13.7 Å². The van der Waals surface area contributed by atoms with Gasteiger partial charge in [-0.3, -0.25) is 0 Å². The van der Waals surface area contributed by atoms with E-state index in [1.165, 1.54) is 24.3 Å².